The van der Waals surface area contributed by atoms with E-state index in [1.807, 2.05) is 0 Å². The average molecular weight is 185 g/mol. The second kappa shape index (κ2) is 5.55. The van der Waals surface area contributed by atoms with Crippen LogP contribution in [0.3, 0.4) is 0 Å². The summed E-state index contributed by atoms with van der Waals surface area (Å²) in [4.78, 5) is 10.7. The summed E-state index contributed by atoms with van der Waals surface area (Å²) in [6.07, 6.45) is 0.686. The Morgan fingerprint density at radius 3 is 2.54 bits per heavy atom. The third-order valence-electron chi connectivity index (χ3n) is 1.46. The molecule has 0 saturated carbocycles. The number of hydrogen-bond donors (Lipinski definition) is 0. The van der Waals surface area contributed by atoms with Gasteiger partial charge in [0, 0.05) is 6.42 Å². The molecule has 0 aliphatic heterocycles. The molecule has 0 saturated heterocycles. The van der Waals surface area contributed by atoms with Crippen LogP contribution in [0.2, 0.25) is 0 Å². The van der Waals surface area contributed by atoms with Gasteiger partial charge in [-0.3, -0.25) is 4.79 Å². The van der Waals surface area contributed by atoms with Crippen molar-refractivity contribution in [2.45, 2.75) is 12.8 Å². The van der Waals surface area contributed by atoms with Gasteiger partial charge in [0.2, 0.25) is 0 Å². The van der Waals surface area contributed by atoms with E-state index < -0.39 is 5.97 Å². The highest BCUT2D eigenvalue weighted by Crippen LogP contribution is 1.94. The zero-order chi connectivity index (χ0) is 10.3. The molecule has 0 spiro atoms. The first-order valence-electron chi connectivity index (χ1n) is 4.29. The zero-order valence-corrected chi connectivity index (χ0v) is 8.54. The lowest BCUT2D eigenvalue weighted by molar-refractivity contribution is -0.870. The molecule has 0 rings (SSSR count). The molecule has 0 amide bonds. The van der Waals surface area contributed by atoms with Gasteiger partial charge >= 0.3 is 5.97 Å². The normalized spacial score (nSPS) is 10.6. The summed E-state index contributed by atoms with van der Waals surface area (Å²) in [5.74, 6) is -0.427. The van der Waals surface area contributed by atoms with Crippen LogP contribution in [0.4, 0.5) is 0 Å². The van der Waals surface area contributed by atoms with Gasteiger partial charge in [-0.2, -0.15) is 5.26 Å². The van der Waals surface area contributed by atoms with Crippen LogP contribution < -0.4 is 0 Å². The third-order valence-corrected chi connectivity index (χ3v) is 1.46. The first-order valence-corrected chi connectivity index (χ1v) is 4.29. The van der Waals surface area contributed by atoms with Gasteiger partial charge in [0.05, 0.1) is 40.4 Å². The van der Waals surface area contributed by atoms with E-state index in [0.29, 0.717) is 6.61 Å². The van der Waals surface area contributed by atoms with Gasteiger partial charge in [-0.05, 0) is 0 Å². The topological polar surface area (TPSA) is 50.1 Å². The van der Waals surface area contributed by atoms with Gasteiger partial charge in [-0.15, -0.1) is 0 Å². The summed E-state index contributed by atoms with van der Waals surface area (Å²) in [7, 11) is 6.24. The molecule has 4 nitrogen and oxygen atoms in total. The summed E-state index contributed by atoms with van der Waals surface area (Å²) in [6.45, 7) is 1.37. The maximum Gasteiger partial charge on any atom is 0.320 e. The zero-order valence-electron chi connectivity index (χ0n) is 8.54. The third kappa shape index (κ3) is 8.83. The van der Waals surface area contributed by atoms with E-state index in [1.165, 1.54) is 0 Å². The molecule has 0 radical (unpaired) electrons. The van der Waals surface area contributed by atoms with Crippen molar-refractivity contribution in [1.82, 2.24) is 0 Å². The van der Waals surface area contributed by atoms with E-state index in [2.05, 4.69) is 21.1 Å². The summed E-state index contributed by atoms with van der Waals surface area (Å²) >= 11 is 0. The van der Waals surface area contributed by atoms with Gasteiger partial charge in [-0.1, -0.05) is 0 Å². The Morgan fingerprint density at radius 1 is 1.46 bits per heavy atom. The molecule has 0 fully saturated rings. The highest BCUT2D eigenvalue weighted by Gasteiger charge is 2.07. The minimum Gasteiger partial charge on any atom is -0.465 e. The number of hydrogen-bond acceptors (Lipinski definition) is 3. The lowest BCUT2D eigenvalue weighted by Gasteiger charge is -2.23. The molecule has 0 heterocycles. The van der Waals surface area contributed by atoms with E-state index in [4.69, 9.17) is 10.00 Å². The second-order valence-corrected chi connectivity index (χ2v) is 3.92. The summed E-state index contributed by atoms with van der Waals surface area (Å²) in [5.41, 5.74) is 0. The van der Waals surface area contributed by atoms with E-state index in [-0.39, 0.29) is 6.42 Å². The van der Waals surface area contributed by atoms with Crippen molar-refractivity contribution in [3.8, 4) is 6.07 Å². The molecular weight excluding hydrogens is 168 g/mol. The van der Waals surface area contributed by atoms with Crippen LogP contribution in [0.1, 0.15) is 12.8 Å². The van der Waals surface area contributed by atoms with Crippen molar-refractivity contribution in [2.24, 2.45) is 0 Å². The average Bonchev–Trinajstić information content (AvgIpc) is 1.97. The minimum absolute atomic E-state index is 0.148. The summed E-state index contributed by atoms with van der Waals surface area (Å²) in [5, 5.41) is 8.17. The number of esters is 1. The fourth-order valence-electron chi connectivity index (χ4n) is 0.840. The highest BCUT2D eigenvalue weighted by molar-refractivity contribution is 5.71. The lowest BCUT2D eigenvalue weighted by atomic mass is 10.4. The molecule has 74 valence electrons. The van der Waals surface area contributed by atoms with Crippen LogP contribution in [0, 0.1) is 11.3 Å². The molecule has 0 aliphatic carbocycles. The molecule has 0 aromatic rings. The van der Waals surface area contributed by atoms with E-state index >= 15 is 0 Å². The monoisotopic (exact) mass is 185 g/mol. The lowest BCUT2D eigenvalue weighted by Crippen LogP contribution is -2.35. The van der Waals surface area contributed by atoms with E-state index in [0.717, 1.165) is 17.4 Å². The summed E-state index contributed by atoms with van der Waals surface area (Å²) in [6, 6.07) is 1.75. The van der Waals surface area contributed by atoms with Gasteiger partial charge in [0.1, 0.15) is 6.42 Å². The number of nitriles is 1. The van der Waals surface area contributed by atoms with Crippen molar-refractivity contribution >= 4 is 5.97 Å². The van der Waals surface area contributed by atoms with Crippen molar-refractivity contribution in [2.75, 3.05) is 34.3 Å². The Morgan fingerprint density at radius 2 is 2.08 bits per heavy atom. The number of carbonyl (C=O) groups excluding carboxylic acids is 1. The highest BCUT2D eigenvalue weighted by atomic mass is 16.5. The quantitative estimate of drug-likeness (QED) is 0.357. The molecular formula is C9H17N2O2+. The molecule has 0 aromatic carbocycles. The van der Waals surface area contributed by atoms with Gasteiger partial charge in [-0.25, -0.2) is 0 Å². The molecule has 0 aromatic heterocycles. The van der Waals surface area contributed by atoms with E-state index in [1.54, 1.807) is 6.07 Å². The molecule has 0 aliphatic rings. The Bertz CT molecular complexity index is 201. The van der Waals surface area contributed by atoms with Gasteiger partial charge in [0.15, 0.2) is 0 Å². The Kier molecular flexibility index (Phi) is 5.09. The summed E-state index contributed by atoms with van der Waals surface area (Å²) < 4.78 is 5.66. The molecule has 13 heavy (non-hydrogen) atoms. The van der Waals surface area contributed by atoms with Crippen molar-refractivity contribution in [1.29, 1.82) is 5.26 Å². The van der Waals surface area contributed by atoms with Crippen molar-refractivity contribution in [3.05, 3.63) is 0 Å². The first-order chi connectivity index (χ1) is 5.95. The molecule has 4 heteroatoms. The Hall–Kier alpha value is -1.08. The number of ether oxygens (including phenoxy) is 1. The van der Waals surface area contributed by atoms with Crippen LogP contribution in [-0.4, -0.2) is 44.7 Å². The van der Waals surface area contributed by atoms with E-state index in [9.17, 15) is 4.79 Å². The van der Waals surface area contributed by atoms with Crippen LogP contribution >= 0.6 is 0 Å². The first kappa shape index (κ1) is 11.9. The largest absolute Gasteiger partial charge is 0.465 e. The number of rotatable bonds is 5. The van der Waals surface area contributed by atoms with Gasteiger partial charge < -0.3 is 9.22 Å². The number of nitrogens with zero attached hydrogens (tertiary/aromatic N) is 2. The van der Waals surface area contributed by atoms with Crippen molar-refractivity contribution < 1.29 is 14.0 Å². The maximum atomic E-state index is 10.7. The SMILES string of the molecule is C[N+](C)(C)CCCOC(=O)CC#N. The van der Waals surface area contributed by atoms with Gasteiger partial charge in [0.25, 0.3) is 0 Å². The number of quaternary nitrogens is 1. The predicted octanol–water partition coefficient (Wildman–Crippen LogP) is 0.540. The predicted molar refractivity (Wildman–Crippen MR) is 48.7 cm³/mol. The fraction of sp³-hybridized carbons (Fsp3) is 0.778. The molecule has 0 N–H and O–H groups in total. The maximum absolute atomic E-state index is 10.7. The fourth-order valence-corrected chi connectivity index (χ4v) is 0.840. The van der Waals surface area contributed by atoms with Crippen LogP contribution in [0.25, 0.3) is 0 Å². The van der Waals surface area contributed by atoms with Crippen LogP contribution in [0.5, 0.6) is 0 Å². The molecule has 0 atom stereocenters. The molecule has 0 unspecified atom stereocenters. The second-order valence-electron chi connectivity index (χ2n) is 3.92. The standard InChI is InChI=1S/C9H17N2O2/c1-11(2,3)7-4-8-13-9(12)5-6-10/h4-5,7-8H2,1-3H3/q+1. The Labute approximate surface area is 79.3 Å². The molecule has 0 bridgehead atoms. The smallest absolute Gasteiger partial charge is 0.320 e. The number of carbonyl (C=O) groups is 1. The van der Waals surface area contributed by atoms with Crippen LogP contribution in [-0.2, 0) is 9.53 Å². The van der Waals surface area contributed by atoms with Crippen LogP contribution in [0.15, 0.2) is 0 Å². The van der Waals surface area contributed by atoms with Crippen molar-refractivity contribution in [3.63, 3.8) is 0 Å². The Balaban J connectivity index is 3.37. The minimum atomic E-state index is -0.427.